The summed E-state index contributed by atoms with van der Waals surface area (Å²) >= 11 is 0. The zero-order valence-electron chi connectivity index (χ0n) is 16.9. The Morgan fingerprint density at radius 3 is 2.41 bits per heavy atom. The average Bonchev–Trinajstić information content (AvgIpc) is 3.12. The first kappa shape index (κ1) is 17.7. The minimum Gasteiger partial charge on any atom is -0.455 e. The zero-order valence-corrected chi connectivity index (χ0v) is 16.9. The Morgan fingerprint density at radius 2 is 1.62 bits per heavy atom. The molecule has 2 nitrogen and oxygen atoms in total. The molecule has 142 valence electrons. The molecule has 0 N–H and O–H groups in total. The quantitative estimate of drug-likeness (QED) is 0.321. The lowest BCUT2D eigenvalue weighted by Crippen LogP contribution is -1.95. The molecule has 5 rings (SSSR count). The fraction of sp³-hybridized carbons (Fsp3) is 0.148. The lowest BCUT2D eigenvalue weighted by molar-refractivity contribution is 0.670. The van der Waals surface area contributed by atoms with Crippen LogP contribution in [0.2, 0.25) is 0 Å². The van der Waals surface area contributed by atoms with Gasteiger partial charge < -0.3 is 4.42 Å². The van der Waals surface area contributed by atoms with E-state index in [1.165, 1.54) is 16.7 Å². The number of hydrogen-bond donors (Lipinski definition) is 0. The van der Waals surface area contributed by atoms with Crippen molar-refractivity contribution in [3.63, 3.8) is 0 Å². The third-order valence-corrected chi connectivity index (χ3v) is 5.65. The van der Waals surface area contributed by atoms with Gasteiger partial charge in [0, 0.05) is 22.5 Å². The molecule has 29 heavy (non-hydrogen) atoms. The zero-order chi connectivity index (χ0) is 20.0. The van der Waals surface area contributed by atoms with E-state index in [0.717, 1.165) is 38.8 Å². The van der Waals surface area contributed by atoms with Crippen LogP contribution in [0, 0.1) is 6.92 Å². The molecule has 0 fully saturated rings. The number of pyridine rings is 1. The monoisotopic (exact) mass is 377 g/mol. The van der Waals surface area contributed by atoms with Crippen LogP contribution in [0.15, 0.2) is 83.4 Å². The largest absolute Gasteiger partial charge is 0.455 e. The summed E-state index contributed by atoms with van der Waals surface area (Å²) in [5, 5.41) is 2.27. The van der Waals surface area contributed by atoms with Gasteiger partial charge in [0.1, 0.15) is 11.2 Å². The fourth-order valence-corrected chi connectivity index (χ4v) is 4.12. The second-order valence-corrected chi connectivity index (χ2v) is 7.94. The SMILES string of the molecule is Cc1cnc(-c2cccc3c2oc2cc(-c4ccccc4)ccc23)cc1C(C)C. The molecule has 0 aliphatic carbocycles. The van der Waals surface area contributed by atoms with Gasteiger partial charge in [0.05, 0.1) is 5.69 Å². The van der Waals surface area contributed by atoms with Crippen molar-refractivity contribution in [1.82, 2.24) is 4.98 Å². The van der Waals surface area contributed by atoms with Crippen molar-refractivity contribution in [2.45, 2.75) is 26.7 Å². The molecule has 0 radical (unpaired) electrons. The maximum absolute atomic E-state index is 6.39. The minimum absolute atomic E-state index is 0.458. The second-order valence-electron chi connectivity index (χ2n) is 7.94. The summed E-state index contributed by atoms with van der Waals surface area (Å²) in [6.45, 7) is 6.57. The number of aryl methyl sites for hydroxylation is 1. The molecular formula is C27H23NO. The fourth-order valence-electron chi connectivity index (χ4n) is 4.12. The topological polar surface area (TPSA) is 26.0 Å². The normalized spacial score (nSPS) is 11.6. The van der Waals surface area contributed by atoms with Gasteiger partial charge in [-0.2, -0.15) is 0 Å². The van der Waals surface area contributed by atoms with E-state index < -0.39 is 0 Å². The highest BCUT2D eigenvalue weighted by molar-refractivity contribution is 6.10. The van der Waals surface area contributed by atoms with Gasteiger partial charge in [0.25, 0.3) is 0 Å². The van der Waals surface area contributed by atoms with Gasteiger partial charge >= 0.3 is 0 Å². The number of furan rings is 1. The van der Waals surface area contributed by atoms with Gasteiger partial charge in [0.2, 0.25) is 0 Å². The summed E-state index contributed by atoms with van der Waals surface area (Å²) in [5.41, 5.74) is 8.73. The standard InChI is InChI=1S/C27H23NO/c1-17(2)24-15-25(28-16-18(24)3)23-11-7-10-22-21-13-12-20(14-26(21)29-27(22)23)19-8-5-4-6-9-19/h4-17H,1-3H3. The summed E-state index contributed by atoms with van der Waals surface area (Å²) < 4.78 is 6.39. The van der Waals surface area contributed by atoms with Crippen LogP contribution in [-0.2, 0) is 0 Å². The van der Waals surface area contributed by atoms with Crippen molar-refractivity contribution in [2.24, 2.45) is 0 Å². The molecule has 2 heterocycles. The van der Waals surface area contributed by atoms with Gasteiger partial charge in [0.15, 0.2) is 0 Å². The van der Waals surface area contributed by atoms with E-state index in [1.807, 2.05) is 12.3 Å². The lowest BCUT2D eigenvalue weighted by Gasteiger charge is -2.11. The van der Waals surface area contributed by atoms with Crippen LogP contribution >= 0.6 is 0 Å². The maximum Gasteiger partial charge on any atom is 0.144 e. The third-order valence-electron chi connectivity index (χ3n) is 5.65. The van der Waals surface area contributed by atoms with Crippen molar-refractivity contribution in [3.8, 4) is 22.4 Å². The molecule has 3 aromatic carbocycles. The number of hydrogen-bond acceptors (Lipinski definition) is 2. The number of rotatable bonds is 3. The van der Waals surface area contributed by atoms with Crippen molar-refractivity contribution in [2.75, 3.05) is 0 Å². The van der Waals surface area contributed by atoms with E-state index in [9.17, 15) is 0 Å². The predicted molar refractivity (Wildman–Crippen MR) is 121 cm³/mol. The molecule has 0 saturated heterocycles. The van der Waals surface area contributed by atoms with Crippen molar-refractivity contribution < 1.29 is 4.42 Å². The van der Waals surface area contributed by atoms with Gasteiger partial charge in [-0.25, -0.2) is 0 Å². The van der Waals surface area contributed by atoms with Gasteiger partial charge in [-0.3, -0.25) is 4.98 Å². The summed E-state index contributed by atoms with van der Waals surface area (Å²) in [6.07, 6.45) is 1.97. The Balaban J connectivity index is 1.71. The van der Waals surface area contributed by atoms with E-state index in [0.29, 0.717) is 5.92 Å². The summed E-state index contributed by atoms with van der Waals surface area (Å²) in [4.78, 5) is 4.72. The molecule has 0 atom stereocenters. The molecule has 2 heteroatoms. The molecule has 2 aromatic heterocycles. The smallest absolute Gasteiger partial charge is 0.144 e. The number of fused-ring (bicyclic) bond motifs is 3. The molecule has 0 spiro atoms. The average molecular weight is 377 g/mol. The van der Waals surface area contributed by atoms with E-state index in [4.69, 9.17) is 9.40 Å². The second kappa shape index (κ2) is 6.89. The van der Waals surface area contributed by atoms with E-state index >= 15 is 0 Å². The molecule has 0 aliphatic rings. The lowest BCUT2D eigenvalue weighted by atomic mass is 9.97. The first-order valence-corrected chi connectivity index (χ1v) is 10.1. The van der Waals surface area contributed by atoms with E-state index in [2.05, 4.69) is 87.5 Å². The number of benzene rings is 3. The molecule has 5 aromatic rings. The van der Waals surface area contributed by atoms with Crippen molar-refractivity contribution in [3.05, 3.63) is 90.1 Å². The van der Waals surface area contributed by atoms with Crippen LogP contribution in [0.3, 0.4) is 0 Å². The number of para-hydroxylation sites is 1. The Bertz CT molecular complexity index is 1330. The van der Waals surface area contributed by atoms with Crippen LogP contribution in [-0.4, -0.2) is 4.98 Å². The Labute approximate surface area is 170 Å². The molecular weight excluding hydrogens is 354 g/mol. The Hall–Kier alpha value is -3.39. The highest BCUT2D eigenvalue weighted by atomic mass is 16.3. The third kappa shape index (κ3) is 3.01. The molecule has 0 unspecified atom stereocenters. The van der Waals surface area contributed by atoms with Gasteiger partial charge in [-0.15, -0.1) is 0 Å². The Morgan fingerprint density at radius 1 is 0.793 bits per heavy atom. The van der Waals surface area contributed by atoms with Crippen LogP contribution in [0.25, 0.3) is 44.3 Å². The van der Waals surface area contributed by atoms with E-state index in [1.54, 1.807) is 0 Å². The van der Waals surface area contributed by atoms with Gasteiger partial charge in [-0.1, -0.05) is 62.4 Å². The minimum atomic E-state index is 0.458. The van der Waals surface area contributed by atoms with Crippen molar-refractivity contribution >= 4 is 21.9 Å². The molecule has 0 bridgehead atoms. The first-order chi connectivity index (χ1) is 14.1. The van der Waals surface area contributed by atoms with Crippen molar-refractivity contribution in [1.29, 1.82) is 0 Å². The molecule has 0 saturated carbocycles. The van der Waals surface area contributed by atoms with Crippen LogP contribution < -0.4 is 0 Å². The maximum atomic E-state index is 6.39. The number of aromatic nitrogens is 1. The predicted octanol–water partition coefficient (Wildman–Crippen LogP) is 7.75. The van der Waals surface area contributed by atoms with Crippen LogP contribution in [0.5, 0.6) is 0 Å². The molecule has 0 amide bonds. The first-order valence-electron chi connectivity index (χ1n) is 10.1. The van der Waals surface area contributed by atoms with Gasteiger partial charge in [-0.05, 0) is 59.4 Å². The highest BCUT2D eigenvalue weighted by Crippen LogP contribution is 2.37. The number of nitrogens with zero attached hydrogens (tertiary/aromatic N) is 1. The Kier molecular flexibility index (Phi) is 4.21. The van der Waals surface area contributed by atoms with Crippen LogP contribution in [0.1, 0.15) is 30.9 Å². The summed E-state index contributed by atoms with van der Waals surface area (Å²) in [7, 11) is 0. The summed E-state index contributed by atoms with van der Waals surface area (Å²) in [5.74, 6) is 0.458. The highest BCUT2D eigenvalue weighted by Gasteiger charge is 2.15. The van der Waals surface area contributed by atoms with E-state index in [-0.39, 0.29) is 0 Å². The van der Waals surface area contributed by atoms with Crippen LogP contribution in [0.4, 0.5) is 0 Å². The summed E-state index contributed by atoms with van der Waals surface area (Å²) in [6, 6.07) is 25.4. The molecule has 0 aliphatic heterocycles.